The summed E-state index contributed by atoms with van der Waals surface area (Å²) in [4.78, 5) is 21.5. The molecule has 204 valence electrons. The number of carbonyl (C=O) groups excluding carboxylic acids is 1. The summed E-state index contributed by atoms with van der Waals surface area (Å²) < 4.78 is 24.2. The van der Waals surface area contributed by atoms with Crippen molar-refractivity contribution in [1.82, 2.24) is 15.3 Å². The zero-order valence-corrected chi connectivity index (χ0v) is 25.2. The fourth-order valence-electron chi connectivity index (χ4n) is 3.82. The molecule has 2 aromatic heterocycles. The lowest BCUT2D eigenvalue weighted by molar-refractivity contribution is 0.102. The van der Waals surface area contributed by atoms with Crippen LogP contribution < -0.4 is 34.9 Å². The molecular formula is C28H30IN4O5P. The van der Waals surface area contributed by atoms with Crippen LogP contribution in [0.4, 0.5) is 5.69 Å². The number of benzene rings is 2. The quantitative estimate of drug-likeness (QED) is 0.122. The van der Waals surface area contributed by atoms with E-state index in [1.54, 1.807) is 37.7 Å². The highest BCUT2D eigenvalue weighted by atomic mass is 127. The Hall–Kier alpha value is -3.21. The molecule has 0 bridgehead atoms. The van der Waals surface area contributed by atoms with Gasteiger partial charge in [0.05, 0.1) is 37.1 Å². The average Bonchev–Trinajstić information content (AvgIpc) is 2.95. The Bertz CT molecular complexity index is 1470. The first-order valence-corrected chi connectivity index (χ1v) is 14.0. The summed E-state index contributed by atoms with van der Waals surface area (Å²) in [7, 11) is 6.22. The lowest BCUT2D eigenvalue weighted by atomic mass is 10.1. The minimum atomic E-state index is -0.307. The van der Waals surface area contributed by atoms with Crippen molar-refractivity contribution in [1.29, 1.82) is 0 Å². The number of nitrogens with zero attached hydrogens (tertiary/aromatic N) is 2. The van der Waals surface area contributed by atoms with Crippen molar-refractivity contribution >= 4 is 59.6 Å². The number of methoxy groups -OCH3 is 1. The summed E-state index contributed by atoms with van der Waals surface area (Å²) in [5.41, 5.74) is 1.73. The van der Waals surface area contributed by atoms with Crippen molar-refractivity contribution in [2.45, 2.75) is 13.3 Å². The van der Waals surface area contributed by atoms with Gasteiger partial charge in [-0.25, -0.2) is 0 Å². The molecule has 39 heavy (non-hydrogen) atoms. The first-order chi connectivity index (χ1) is 19.0. The van der Waals surface area contributed by atoms with E-state index < -0.39 is 0 Å². The third-order valence-corrected chi connectivity index (χ3v) is 8.07. The van der Waals surface area contributed by atoms with Gasteiger partial charge < -0.3 is 29.6 Å². The summed E-state index contributed by atoms with van der Waals surface area (Å²) >= 11 is 2.19. The molecule has 9 nitrogen and oxygen atoms in total. The number of ether oxygens (including phenoxy) is 4. The van der Waals surface area contributed by atoms with E-state index in [0.717, 1.165) is 32.7 Å². The monoisotopic (exact) mass is 660 g/mol. The molecule has 0 fully saturated rings. The highest BCUT2D eigenvalue weighted by molar-refractivity contribution is 14.1. The second-order valence-electron chi connectivity index (χ2n) is 8.33. The minimum absolute atomic E-state index is 0.307. The molecular weight excluding hydrogens is 630 g/mol. The molecule has 0 radical (unpaired) electrons. The number of carbonyl (C=O) groups is 1. The Kier molecular flexibility index (Phi) is 10.1. The van der Waals surface area contributed by atoms with Crippen LogP contribution in [0.2, 0.25) is 0 Å². The van der Waals surface area contributed by atoms with Gasteiger partial charge in [-0.05, 0) is 79.9 Å². The van der Waals surface area contributed by atoms with Crippen LogP contribution in [-0.4, -0.2) is 49.8 Å². The van der Waals surface area contributed by atoms with Gasteiger partial charge in [-0.1, -0.05) is 0 Å². The van der Waals surface area contributed by atoms with Gasteiger partial charge in [-0.2, -0.15) is 0 Å². The minimum Gasteiger partial charge on any atom is -0.493 e. The van der Waals surface area contributed by atoms with E-state index in [1.807, 2.05) is 32.2 Å². The second kappa shape index (κ2) is 13.7. The molecule has 2 aromatic carbocycles. The van der Waals surface area contributed by atoms with Crippen molar-refractivity contribution in [3.05, 3.63) is 64.1 Å². The van der Waals surface area contributed by atoms with Crippen LogP contribution in [-0.2, 0) is 0 Å². The van der Waals surface area contributed by atoms with Crippen molar-refractivity contribution in [2.24, 2.45) is 0 Å². The summed E-state index contributed by atoms with van der Waals surface area (Å²) in [5, 5.41) is 7.64. The predicted octanol–water partition coefficient (Wildman–Crippen LogP) is 5.18. The molecule has 1 unspecified atom stereocenters. The molecule has 0 saturated carbocycles. The summed E-state index contributed by atoms with van der Waals surface area (Å²) in [6.07, 6.45) is 5.65. The number of pyridine rings is 2. The maximum atomic E-state index is 13.0. The molecule has 0 spiro atoms. The molecule has 1 amide bonds. The number of aromatic nitrogens is 2. The SMILES string of the molecule is CCOc1ccncc1C(=O)Nc1ccc(Oc2ccnc3cc(OCCCNC)c(OC)cc23)c(P)c1I. The van der Waals surface area contributed by atoms with Gasteiger partial charge in [0.1, 0.15) is 17.2 Å². The van der Waals surface area contributed by atoms with E-state index in [1.165, 1.54) is 6.20 Å². The Labute approximate surface area is 243 Å². The lowest BCUT2D eigenvalue weighted by Crippen LogP contribution is -2.17. The zero-order valence-electron chi connectivity index (χ0n) is 21.9. The fraction of sp³-hybridized carbons (Fsp3) is 0.250. The van der Waals surface area contributed by atoms with Crippen molar-refractivity contribution in [2.75, 3.05) is 39.2 Å². The van der Waals surface area contributed by atoms with Crippen LogP contribution in [0.15, 0.2) is 55.0 Å². The third-order valence-electron chi connectivity index (χ3n) is 5.75. The van der Waals surface area contributed by atoms with Gasteiger partial charge in [0.15, 0.2) is 11.5 Å². The van der Waals surface area contributed by atoms with Crippen LogP contribution in [0.5, 0.6) is 28.7 Å². The van der Waals surface area contributed by atoms with Gasteiger partial charge in [-0.15, -0.1) is 9.24 Å². The summed E-state index contributed by atoms with van der Waals surface area (Å²) in [6.45, 7) is 3.74. The summed E-state index contributed by atoms with van der Waals surface area (Å²) in [5.74, 6) is 2.65. The Morgan fingerprint density at radius 1 is 1.03 bits per heavy atom. The predicted molar refractivity (Wildman–Crippen MR) is 164 cm³/mol. The van der Waals surface area contributed by atoms with Crippen LogP contribution in [0, 0.1) is 3.57 Å². The molecule has 2 heterocycles. The van der Waals surface area contributed by atoms with Crippen LogP contribution in [0.1, 0.15) is 23.7 Å². The van der Waals surface area contributed by atoms with Crippen molar-refractivity contribution < 1.29 is 23.7 Å². The van der Waals surface area contributed by atoms with Crippen LogP contribution >= 0.6 is 31.8 Å². The van der Waals surface area contributed by atoms with Crippen molar-refractivity contribution in [3.63, 3.8) is 0 Å². The van der Waals surface area contributed by atoms with Crippen LogP contribution in [0.3, 0.4) is 0 Å². The number of nitrogens with one attached hydrogen (secondary N) is 2. The average molecular weight is 660 g/mol. The molecule has 1 atom stereocenters. The summed E-state index contributed by atoms with van der Waals surface area (Å²) in [6, 6.07) is 10.8. The Morgan fingerprint density at radius 2 is 1.85 bits per heavy atom. The van der Waals surface area contributed by atoms with Crippen LogP contribution in [0.25, 0.3) is 10.9 Å². The Balaban J connectivity index is 1.57. The number of amides is 1. The van der Waals surface area contributed by atoms with Gasteiger partial charge in [-0.3, -0.25) is 14.8 Å². The van der Waals surface area contributed by atoms with E-state index >= 15 is 0 Å². The number of anilines is 1. The number of hydrogen-bond donors (Lipinski definition) is 2. The first kappa shape index (κ1) is 28.8. The number of halogens is 1. The molecule has 0 aliphatic rings. The zero-order chi connectivity index (χ0) is 27.8. The third kappa shape index (κ3) is 6.87. The molecule has 0 aliphatic carbocycles. The van der Waals surface area contributed by atoms with E-state index in [9.17, 15) is 4.79 Å². The fourth-order valence-corrected chi connectivity index (χ4v) is 4.71. The highest BCUT2D eigenvalue weighted by Crippen LogP contribution is 2.38. The van der Waals surface area contributed by atoms with E-state index in [2.05, 4.69) is 52.4 Å². The van der Waals surface area contributed by atoms with E-state index in [0.29, 0.717) is 53.2 Å². The number of hydrogen-bond acceptors (Lipinski definition) is 8. The Morgan fingerprint density at radius 3 is 2.62 bits per heavy atom. The highest BCUT2D eigenvalue weighted by Gasteiger charge is 2.18. The topological polar surface area (TPSA) is 104 Å². The largest absolute Gasteiger partial charge is 0.493 e. The molecule has 2 N–H and O–H groups in total. The standard InChI is InChI=1S/C28H30IN4O5P/c1-4-36-21-8-11-31-16-18(21)28(34)33-19-6-7-23(27(39)26(19)29)38-22-9-12-32-20-15-25(37-13-5-10-30-2)24(35-3)14-17(20)22/h6-9,11-12,14-16,30H,4-5,10,13,39H2,1-3H3,(H,33,34). The molecule has 11 heteroatoms. The molecule has 4 rings (SSSR count). The maximum absolute atomic E-state index is 13.0. The van der Waals surface area contributed by atoms with E-state index in [-0.39, 0.29) is 5.91 Å². The normalized spacial score (nSPS) is 10.8. The lowest BCUT2D eigenvalue weighted by Gasteiger charge is -2.16. The first-order valence-electron chi connectivity index (χ1n) is 12.3. The molecule has 0 saturated heterocycles. The van der Waals surface area contributed by atoms with Gasteiger partial charge in [0.2, 0.25) is 0 Å². The maximum Gasteiger partial charge on any atom is 0.261 e. The van der Waals surface area contributed by atoms with Gasteiger partial charge in [0, 0.05) is 38.9 Å². The van der Waals surface area contributed by atoms with Gasteiger partial charge >= 0.3 is 0 Å². The second-order valence-corrected chi connectivity index (χ2v) is 9.99. The van der Waals surface area contributed by atoms with E-state index in [4.69, 9.17) is 18.9 Å². The molecule has 4 aromatic rings. The number of rotatable bonds is 12. The van der Waals surface area contributed by atoms with Crippen molar-refractivity contribution in [3.8, 4) is 28.7 Å². The molecule has 0 aliphatic heterocycles. The smallest absolute Gasteiger partial charge is 0.261 e. The van der Waals surface area contributed by atoms with Gasteiger partial charge in [0.25, 0.3) is 5.91 Å². The number of fused-ring (bicyclic) bond motifs is 1.